The van der Waals surface area contributed by atoms with E-state index in [1.54, 1.807) is 48.5 Å². The van der Waals surface area contributed by atoms with E-state index in [2.05, 4.69) is 15.5 Å². The Morgan fingerprint density at radius 1 is 1.15 bits per heavy atom. The number of furan rings is 1. The van der Waals surface area contributed by atoms with Gasteiger partial charge in [0.25, 0.3) is 0 Å². The summed E-state index contributed by atoms with van der Waals surface area (Å²) in [7, 11) is 3.43. The number of amides is 2. The molecule has 0 saturated carbocycles. The molecule has 10 nitrogen and oxygen atoms in total. The van der Waals surface area contributed by atoms with Gasteiger partial charge in [-0.15, -0.1) is 0 Å². The molecule has 0 radical (unpaired) electrons. The highest BCUT2D eigenvalue weighted by Crippen LogP contribution is 2.34. The van der Waals surface area contributed by atoms with Gasteiger partial charge in [0, 0.05) is 27.2 Å². The maximum absolute atomic E-state index is 12.6. The van der Waals surface area contributed by atoms with Gasteiger partial charge in [-0.25, -0.2) is 9.59 Å². The van der Waals surface area contributed by atoms with Crippen LogP contribution in [0.2, 0.25) is 0 Å². The largest absolute Gasteiger partial charge is 0.467 e. The number of carbonyl (C=O) groups is 2. The molecule has 3 heterocycles. The van der Waals surface area contributed by atoms with E-state index in [9.17, 15) is 14.4 Å². The fourth-order valence-corrected chi connectivity index (χ4v) is 4.26. The summed E-state index contributed by atoms with van der Waals surface area (Å²) in [4.78, 5) is 39.4. The summed E-state index contributed by atoms with van der Waals surface area (Å²) in [6.45, 7) is 3.71. The summed E-state index contributed by atoms with van der Waals surface area (Å²) >= 11 is 0. The van der Waals surface area contributed by atoms with E-state index in [0.717, 1.165) is 11.2 Å². The minimum atomic E-state index is -0.380. The lowest BCUT2D eigenvalue weighted by Crippen LogP contribution is -2.38. The number of urea groups is 1. The quantitative estimate of drug-likeness (QED) is 0.553. The Balaban J connectivity index is 1.59. The molecule has 0 unspecified atom stereocenters. The van der Waals surface area contributed by atoms with Crippen molar-refractivity contribution in [2.75, 3.05) is 29.9 Å². The summed E-state index contributed by atoms with van der Waals surface area (Å²) in [6.07, 6.45) is 2.88. The number of esters is 1. The number of ether oxygens (including phenoxy) is 1. The van der Waals surface area contributed by atoms with E-state index in [-0.39, 0.29) is 30.2 Å². The zero-order chi connectivity index (χ0) is 23.5. The van der Waals surface area contributed by atoms with Crippen LogP contribution >= 0.6 is 0 Å². The number of aryl methyl sites for hydroxylation is 2. The molecule has 1 fully saturated rings. The van der Waals surface area contributed by atoms with E-state index in [1.165, 1.54) is 0 Å². The third-order valence-corrected chi connectivity index (χ3v) is 6.10. The number of benzene rings is 1. The molecule has 33 heavy (non-hydrogen) atoms. The number of imidazole rings is 1. The molecule has 2 N–H and O–H groups in total. The number of hydrogen-bond acceptors (Lipinski definition) is 6. The van der Waals surface area contributed by atoms with Crippen LogP contribution in [0.3, 0.4) is 0 Å². The maximum Gasteiger partial charge on any atom is 0.328 e. The first-order valence-electron chi connectivity index (χ1n) is 11.1. The number of piperidine rings is 1. The predicted octanol–water partition coefficient (Wildman–Crippen LogP) is 2.57. The Morgan fingerprint density at radius 2 is 1.85 bits per heavy atom. The molecule has 0 aliphatic carbocycles. The standard InChI is InChI=1S/C23H29N5O5/c1-4-32-21(29)15-7-9-28(10-8-15)18-13-20-19(26(2)23(31)27(20)3)12-17(18)25-22(30)24-14-16-6-5-11-33-16/h5-6,11-13,15H,4,7-10,14H2,1-3H3,(H2,24,25,30). The molecule has 2 amide bonds. The molecule has 0 bridgehead atoms. The number of rotatable bonds is 6. The number of carbonyl (C=O) groups excluding carboxylic acids is 2. The molecule has 1 aliphatic heterocycles. The molecule has 3 aromatic rings. The fraction of sp³-hybridized carbons (Fsp3) is 0.435. The van der Waals surface area contributed by atoms with E-state index < -0.39 is 0 Å². The van der Waals surface area contributed by atoms with Crippen LogP contribution in [-0.4, -0.2) is 40.8 Å². The monoisotopic (exact) mass is 455 g/mol. The molecule has 1 saturated heterocycles. The number of anilines is 2. The first-order valence-corrected chi connectivity index (χ1v) is 11.1. The van der Waals surface area contributed by atoms with Crippen molar-refractivity contribution >= 4 is 34.4 Å². The smallest absolute Gasteiger partial charge is 0.328 e. The van der Waals surface area contributed by atoms with Crippen molar-refractivity contribution in [2.24, 2.45) is 20.0 Å². The Bertz CT molecular complexity index is 1200. The first kappa shape index (κ1) is 22.5. The second-order valence-electron chi connectivity index (χ2n) is 8.16. The van der Waals surface area contributed by atoms with E-state index in [1.807, 2.05) is 12.1 Å². The highest BCUT2D eigenvalue weighted by Gasteiger charge is 2.28. The second-order valence-corrected chi connectivity index (χ2v) is 8.16. The van der Waals surface area contributed by atoms with Crippen molar-refractivity contribution in [2.45, 2.75) is 26.3 Å². The fourth-order valence-electron chi connectivity index (χ4n) is 4.26. The topological polar surface area (TPSA) is 111 Å². The van der Waals surface area contributed by atoms with Gasteiger partial charge in [-0.2, -0.15) is 0 Å². The molecule has 176 valence electrons. The van der Waals surface area contributed by atoms with Gasteiger partial charge >= 0.3 is 17.7 Å². The Kier molecular flexibility index (Phi) is 6.43. The number of hydrogen-bond donors (Lipinski definition) is 2. The Hall–Kier alpha value is -3.69. The summed E-state index contributed by atoms with van der Waals surface area (Å²) in [6, 6.07) is 6.90. The predicted molar refractivity (Wildman–Crippen MR) is 124 cm³/mol. The van der Waals surface area contributed by atoms with Crippen LogP contribution in [0.15, 0.2) is 39.7 Å². The van der Waals surface area contributed by atoms with E-state index in [4.69, 9.17) is 9.15 Å². The van der Waals surface area contributed by atoms with E-state index in [0.29, 0.717) is 49.5 Å². The Morgan fingerprint density at radius 3 is 2.48 bits per heavy atom. The molecule has 0 atom stereocenters. The molecule has 4 rings (SSSR count). The van der Waals surface area contributed by atoms with Gasteiger partial charge in [0.05, 0.1) is 47.7 Å². The number of nitrogens with zero attached hydrogens (tertiary/aromatic N) is 3. The van der Waals surface area contributed by atoms with Gasteiger partial charge in [0.2, 0.25) is 0 Å². The van der Waals surface area contributed by atoms with Crippen molar-refractivity contribution in [1.82, 2.24) is 14.5 Å². The zero-order valence-electron chi connectivity index (χ0n) is 19.1. The average molecular weight is 456 g/mol. The first-order chi connectivity index (χ1) is 15.9. The minimum Gasteiger partial charge on any atom is -0.467 e. The zero-order valence-corrected chi connectivity index (χ0v) is 19.1. The number of nitrogens with one attached hydrogen (secondary N) is 2. The third-order valence-electron chi connectivity index (χ3n) is 6.10. The van der Waals surface area contributed by atoms with Crippen molar-refractivity contribution in [3.63, 3.8) is 0 Å². The molecule has 2 aromatic heterocycles. The van der Waals surface area contributed by atoms with E-state index >= 15 is 0 Å². The highest BCUT2D eigenvalue weighted by molar-refractivity contribution is 5.98. The molecule has 0 spiro atoms. The van der Waals surface area contributed by atoms with Crippen LogP contribution in [0, 0.1) is 5.92 Å². The van der Waals surface area contributed by atoms with Gasteiger partial charge in [0.1, 0.15) is 5.76 Å². The van der Waals surface area contributed by atoms with Crippen molar-refractivity contribution in [1.29, 1.82) is 0 Å². The van der Waals surface area contributed by atoms with Gasteiger partial charge in [-0.1, -0.05) is 0 Å². The molecular formula is C23H29N5O5. The molecular weight excluding hydrogens is 426 g/mol. The van der Waals surface area contributed by atoms with Crippen molar-refractivity contribution in [3.8, 4) is 0 Å². The highest BCUT2D eigenvalue weighted by atomic mass is 16.5. The van der Waals surface area contributed by atoms with Crippen LogP contribution in [0.5, 0.6) is 0 Å². The van der Waals surface area contributed by atoms with Crippen molar-refractivity contribution in [3.05, 3.63) is 46.8 Å². The third kappa shape index (κ3) is 4.59. The molecule has 1 aliphatic rings. The average Bonchev–Trinajstić information content (AvgIpc) is 3.41. The Labute approximate surface area is 191 Å². The normalized spacial score (nSPS) is 14.5. The van der Waals surface area contributed by atoms with Crippen molar-refractivity contribution < 1.29 is 18.7 Å². The number of aromatic nitrogens is 2. The van der Waals surface area contributed by atoms with Gasteiger partial charge in [-0.3, -0.25) is 13.9 Å². The summed E-state index contributed by atoms with van der Waals surface area (Å²) in [5.41, 5.74) is 2.74. The summed E-state index contributed by atoms with van der Waals surface area (Å²) in [5.74, 6) is 0.361. The summed E-state index contributed by atoms with van der Waals surface area (Å²) in [5, 5.41) is 5.70. The summed E-state index contributed by atoms with van der Waals surface area (Å²) < 4.78 is 13.6. The molecule has 1 aromatic carbocycles. The SMILES string of the molecule is CCOC(=O)C1CCN(c2cc3c(cc2NC(=O)NCc2ccco2)n(C)c(=O)n3C)CC1. The maximum atomic E-state index is 12.6. The van der Waals surface area contributed by atoms with Crippen LogP contribution in [0.1, 0.15) is 25.5 Å². The van der Waals surface area contributed by atoms with Crippen LogP contribution in [-0.2, 0) is 30.2 Å². The van der Waals surface area contributed by atoms with Crippen LogP contribution < -0.4 is 21.2 Å². The molecule has 10 heteroatoms. The minimum absolute atomic E-state index is 0.126. The van der Waals surface area contributed by atoms with Gasteiger partial charge in [-0.05, 0) is 44.0 Å². The van der Waals surface area contributed by atoms with Crippen LogP contribution in [0.25, 0.3) is 11.0 Å². The second kappa shape index (κ2) is 9.43. The lowest BCUT2D eigenvalue weighted by Gasteiger charge is -2.34. The van der Waals surface area contributed by atoms with Gasteiger partial charge < -0.3 is 24.7 Å². The van der Waals surface area contributed by atoms with Gasteiger partial charge in [0.15, 0.2) is 0 Å². The lowest BCUT2D eigenvalue weighted by atomic mass is 9.96. The number of fused-ring (bicyclic) bond motifs is 1. The van der Waals surface area contributed by atoms with Crippen LogP contribution in [0.4, 0.5) is 16.2 Å². The lowest BCUT2D eigenvalue weighted by molar-refractivity contribution is -0.148.